The number of ether oxygens (including phenoxy) is 1. The molecule has 0 fully saturated rings. The lowest BCUT2D eigenvalue weighted by atomic mass is 10.1. The van der Waals surface area contributed by atoms with Crippen molar-refractivity contribution in [1.29, 1.82) is 0 Å². The van der Waals surface area contributed by atoms with Crippen LogP contribution >= 0.6 is 35.6 Å². The number of benzene rings is 2. The molecule has 0 bridgehead atoms. The van der Waals surface area contributed by atoms with Crippen molar-refractivity contribution in [2.45, 2.75) is 13.1 Å². The Morgan fingerprint density at radius 2 is 1.22 bits per heavy atom. The predicted octanol–water partition coefficient (Wildman–Crippen LogP) is 8.48. The number of hydrogen-bond donors (Lipinski definition) is 2. The molecule has 0 atom stereocenters. The third-order valence-corrected chi connectivity index (χ3v) is 9.53. The molecule has 0 unspecified atom stereocenters. The predicted molar refractivity (Wildman–Crippen MR) is 229 cm³/mol. The largest absolute Gasteiger partial charge is 0.497 e. The molecule has 0 saturated heterocycles. The van der Waals surface area contributed by atoms with Crippen molar-refractivity contribution >= 4 is 92.4 Å². The van der Waals surface area contributed by atoms with E-state index in [1.165, 1.54) is 36.9 Å². The Hall–Kier alpha value is -7.00. The summed E-state index contributed by atoms with van der Waals surface area (Å²) in [5, 5.41) is 6.47. The van der Waals surface area contributed by atoms with Gasteiger partial charge in [0.05, 0.1) is 34.0 Å². The number of methoxy groups -OCH3 is 1. The number of nitrogens with zero attached hydrogens (tertiary/aromatic N) is 6. The Morgan fingerprint density at radius 3 is 1.78 bits per heavy atom. The standard InChI is InChI=1S/C22H16Cl2N4O3.C21H15FN4O2.ClH/c1-31-14-5-2-4-13(8-14)11-28-12-16(15-6-3-7-26-21(15)28)20(29)22(30)27-19-17(23)9-25-10-18(19)24;22-15-5-3-14(4-6-15)12-26-13-18(17-2-1-9-24-20(17)26)19(27)21(28)25-16-7-10-23-11-8-16;/h2-10,12H,11H2,1H3,(H,25,27,30);1-11,13H,12H2,(H,23,25,28);1H. The van der Waals surface area contributed by atoms with E-state index < -0.39 is 23.4 Å². The van der Waals surface area contributed by atoms with Crippen LogP contribution in [-0.2, 0) is 22.7 Å². The number of rotatable bonds is 11. The maximum absolute atomic E-state index is 13.1. The van der Waals surface area contributed by atoms with Crippen molar-refractivity contribution in [2.75, 3.05) is 17.7 Å². The highest BCUT2D eigenvalue weighted by Gasteiger charge is 2.25. The first-order valence-electron chi connectivity index (χ1n) is 17.7. The topological polar surface area (TPSA) is 163 Å². The van der Waals surface area contributed by atoms with Gasteiger partial charge in [0, 0.05) is 79.1 Å². The van der Waals surface area contributed by atoms with Gasteiger partial charge in [-0.15, -0.1) is 12.4 Å². The van der Waals surface area contributed by atoms with Crippen molar-refractivity contribution in [1.82, 2.24) is 29.1 Å². The number of halogens is 4. The smallest absolute Gasteiger partial charge is 0.296 e. The molecule has 0 saturated carbocycles. The summed E-state index contributed by atoms with van der Waals surface area (Å²) in [6.45, 7) is 0.842. The van der Waals surface area contributed by atoms with Crippen LogP contribution in [0.3, 0.4) is 0 Å². The molecule has 302 valence electrons. The van der Waals surface area contributed by atoms with E-state index in [4.69, 9.17) is 27.9 Å². The number of aromatic nitrogens is 6. The molecule has 17 heteroatoms. The van der Waals surface area contributed by atoms with Crippen molar-refractivity contribution in [3.8, 4) is 5.75 Å². The lowest BCUT2D eigenvalue weighted by Gasteiger charge is -2.07. The molecule has 8 rings (SSSR count). The number of nitrogens with one attached hydrogen (secondary N) is 2. The Kier molecular flexibility index (Phi) is 13.6. The molecule has 0 radical (unpaired) electrons. The van der Waals surface area contributed by atoms with E-state index >= 15 is 0 Å². The summed E-state index contributed by atoms with van der Waals surface area (Å²) in [6.07, 6.45) is 12.2. The molecule has 0 aliphatic carbocycles. The minimum atomic E-state index is -0.862. The number of anilines is 2. The summed E-state index contributed by atoms with van der Waals surface area (Å²) in [6, 6.07) is 23.8. The summed E-state index contributed by atoms with van der Waals surface area (Å²) in [4.78, 5) is 67.2. The Morgan fingerprint density at radius 1 is 0.667 bits per heavy atom. The minimum Gasteiger partial charge on any atom is -0.497 e. The van der Waals surface area contributed by atoms with Gasteiger partial charge in [-0.1, -0.05) is 47.5 Å². The van der Waals surface area contributed by atoms with Crippen LogP contribution in [0.25, 0.3) is 22.1 Å². The van der Waals surface area contributed by atoms with Gasteiger partial charge in [0.2, 0.25) is 0 Å². The summed E-state index contributed by atoms with van der Waals surface area (Å²) >= 11 is 12.1. The zero-order valence-electron chi connectivity index (χ0n) is 31.4. The first-order chi connectivity index (χ1) is 28.6. The van der Waals surface area contributed by atoms with Gasteiger partial charge < -0.3 is 24.5 Å². The molecule has 6 aromatic heterocycles. The van der Waals surface area contributed by atoms with Crippen LogP contribution < -0.4 is 15.4 Å². The number of pyridine rings is 4. The molecule has 0 spiro atoms. The molecule has 6 heterocycles. The number of Topliss-reactive ketones (excluding diaryl/α,β-unsaturated/α-hetero) is 2. The van der Waals surface area contributed by atoms with Crippen molar-refractivity contribution in [2.24, 2.45) is 0 Å². The molecule has 8 aromatic rings. The molecular formula is C43H32Cl3FN8O5. The quantitative estimate of drug-likeness (QED) is 0.0959. The van der Waals surface area contributed by atoms with Gasteiger partial charge in [-0.2, -0.15) is 0 Å². The third kappa shape index (κ3) is 9.64. The van der Waals surface area contributed by atoms with Gasteiger partial charge in [0.15, 0.2) is 0 Å². The fourth-order valence-electron chi connectivity index (χ4n) is 6.17. The highest BCUT2D eigenvalue weighted by molar-refractivity contribution is 6.50. The van der Waals surface area contributed by atoms with Gasteiger partial charge in [0.25, 0.3) is 23.4 Å². The zero-order chi connectivity index (χ0) is 41.5. The maximum Gasteiger partial charge on any atom is 0.296 e. The number of carbonyl (C=O) groups excluding carboxylic acids is 4. The molecule has 13 nitrogen and oxygen atoms in total. The Balaban J connectivity index is 0.000000199. The first-order valence-corrected chi connectivity index (χ1v) is 18.5. The van der Waals surface area contributed by atoms with Gasteiger partial charge >= 0.3 is 0 Å². The molecule has 0 aliphatic heterocycles. The van der Waals surface area contributed by atoms with E-state index in [9.17, 15) is 23.6 Å². The molecular weight excluding hydrogens is 834 g/mol. The molecule has 2 N–H and O–H groups in total. The van der Waals surface area contributed by atoms with E-state index in [2.05, 4.69) is 30.6 Å². The molecule has 0 aliphatic rings. The van der Waals surface area contributed by atoms with E-state index in [0.717, 1.165) is 16.9 Å². The number of amides is 2. The fraction of sp³-hybridized carbons (Fsp3) is 0.0698. The average Bonchev–Trinajstić information content (AvgIpc) is 3.81. The van der Waals surface area contributed by atoms with Gasteiger partial charge in [-0.05, 0) is 71.8 Å². The van der Waals surface area contributed by atoms with Crippen LogP contribution in [0.15, 0.2) is 135 Å². The second-order valence-corrected chi connectivity index (χ2v) is 13.7. The summed E-state index contributed by atoms with van der Waals surface area (Å²) in [5.74, 6) is -2.58. The fourth-order valence-corrected chi connectivity index (χ4v) is 6.63. The van der Waals surface area contributed by atoms with Gasteiger partial charge in [-0.25, -0.2) is 14.4 Å². The normalized spacial score (nSPS) is 10.6. The van der Waals surface area contributed by atoms with E-state index in [1.54, 1.807) is 85.0 Å². The van der Waals surface area contributed by atoms with Gasteiger partial charge in [-0.3, -0.25) is 29.1 Å². The summed E-state index contributed by atoms with van der Waals surface area (Å²) in [7, 11) is 1.60. The maximum atomic E-state index is 13.1. The SMILES string of the molecule is COc1cccc(Cn2cc(C(=O)C(=O)Nc3c(Cl)cncc3Cl)c3cccnc32)c1.Cl.O=C(Nc1ccncc1)C(=O)c1cn(Cc2ccc(F)cc2)c2ncccc12. The van der Waals surface area contributed by atoms with Crippen LogP contribution in [-0.4, -0.2) is 59.6 Å². The van der Waals surface area contributed by atoms with E-state index in [1.807, 2.05) is 28.8 Å². The van der Waals surface area contributed by atoms with Crippen LogP contribution in [0.2, 0.25) is 10.0 Å². The molecule has 2 aromatic carbocycles. The van der Waals surface area contributed by atoms with Crippen molar-refractivity contribution < 1.29 is 28.3 Å². The van der Waals surface area contributed by atoms with Crippen LogP contribution in [0.4, 0.5) is 15.8 Å². The van der Waals surface area contributed by atoms with Crippen LogP contribution in [0.1, 0.15) is 31.8 Å². The zero-order valence-corrected chi connectivity index (χ0v) is 33.7. The summed E-state index contributed by atoms with van der Waals surface area (Å²) in [5.41, 5.74) is 4.08. The van der Waals surface area contributed by atoms with E-state index in [-0.39, 0.29) is 45.1 Å². The van der Waals surface area contributed by atoms with Crippen molar-refractivity contribution in [3.05, 3.63) is 173 Å². The third-order valence-electron chi connectivity index (χ3n) is 8.95. The molecule has 60 heavy (non-hydrogen) atoms. The number of hydrogen-bond acceptors (Lipinski definition) is 9. The highest BCUT2D eigenvalue weighted by Crippen LogP contribution is 2.30. The monoisotopic (exact) mass is 864 g/mol. The van der Waals surface area contributed by atoms with Crippen molar-refractivity contribution in [3.63, 3.8) is 0 Å². The van der Waals surface area contributed by atoms with E-state index in [0.29, 0.717) is 40.8 Å². The lowest BCUT2D eigenvalue weighted by Crippen LogP contribution is -2.23. The second-order valence-electron chi connectivity index (χ2n) is 12.8. The number of ketones is 2. The summed E-state index contributed by atoms with van der Waals surface area (Å²) < 4.78 is 22.0. The van der Waals surface area contributed by atoms with Crippen LogP contribution in [0.5, 0.6) is 5.75 Å². The average molecular weight is 866 g/mol. The first kappa shape index (κ1) is 42.6. The Bertz CT molecular complexity index is 2830. The highest BCUT2D eigenvalue weighted by atomic mass is 35.5. The number of carbonyl (C=O) groups is 4. The molecule has 2 amide bonds. The second kappa shape index (κ2) is 19.2. The Labute approximate surface area is 357 Å². The lowest BCUT2D eigenvalue weighted by molar-refractivity contribution is -0.113. The van der Waals surface area contributed by atoms with Crippen LogP contribution in [0, 0.1) is 5.82 Å². The number of fused-ring (bicyclic) bond motifs is 2. The van der Waals surface area contributed by atoms with Gasteiger partial charge in [0.1, 0.15) is 22.9 Å². The minimum absolute atomic E-state index is 0.